The molecule has 0 aliphatic carbocycles. The monoisotopic (exact) mass is 348 g/mol. The maximum Gasteiger partial charge on any atom is 0.248 e. The van der Waals surface area contributed by atoms with Crippen LogP contribution >= 0.6 is 0 Å². The molecular weight excluding hydrogens is 332 g/mol. The Morgan fingerprint density at radius 1 is 1.00 bits per heavy atom. The van der Waals surface area contributed by atoms with Crippen LogP contribution in [-0.2, 0) is 9.59 Å². The Morgan fingerprint density at radius 3 is 2.50 bits per heavy atom. The van der Waals surface area contributed by atoms with E-state index in [1.54, 1.807) is 48.5 Å². The Balaban J connectivity index is 1.75. The van der Waals surface area contributed by atoms with Crippen molar-refractivity contribution in [2.24, 2.45) is 0 Å². The Morgan fingerprint density at radius 2 is 1.73 bits per heavy atom. The first-order valence-corrected chi connectivity index (χ1v) is 7.90. The molecule has 0 spiro atoms. The highest BCUT2D eigenvalue weighted by Gasteiger charge is 2.05. The molecule has 0 saturated heterocycles. The van der Waals surface area contributed by atoms with Crippen LogP contribution in [0.3, 0.4) is 0 Å². The molecule has 0 atom stereocenters. The lowest BCUT2D eigenvalue weighted by Crippen LogP contribution is -2.10. The molecule has 6 heteroatoms. The molecule has 1 heterocycles. The molecule has 3 aromatic rings. The molecule has 0 aliphatic rings. The Bertz CT molecular complexity index is 1070. The van der Waals surface area contributed by atoms with Gasteiger partial charge in [0.25, 0.3) is 0 Å². The second kappa shape index (κ2) is 7.48. The molecule has 2 aromatic carbocycles. The predicted molar refractivity (Wildman–Crippen MR) is 101 cm³/mol. The van der Waals surface area contributed by atoms with E-state index in [9.17, 15) is 14.4 Å². The Hall–Kier alpha value is -3.67. The summed E-state index contributed by atoms with van der Waals surface area (Å²) in [6.45, 7) is 1.41. The van der Waals surface area contributed by atoms with Crippen LogP contribution in [0.25, 0.3) is 17.0 Å². The SMILES string of the molecule is CC(=O)Nc1cccc(NC(=O)/C=C/c2coc3ccccc3c2=O)c1. The fourth-order valence-corrected chi connectivity index (χ4v) is 2.44. The molecule has 0 aliphatic heterocycles. The molecule has 2 amide bonds. The van der Waals surface area contributed by atoms with Crippen molar-refractivity contribution in [1.82, 2.24) is 0 Å². The summed E-state index contributed by atoms with van der Waals surface area (Å²) < 4.78 is 5.40. The van der Waals surface area contributed by atoms with Crippen molar-refractivity contribution in [2.75, 3.05) is 10.6 Å². The number of amides is 2. The minimum absolute atomic E-state index is 0.198. The van der Waals surface area contributed by atoms with Gasteiger partial charge in [-0.1, -0.05) is 18.2 Å². The van der Waals surface area contributed by atoms with Crippen LogP contribution in [0, 0.1) is 0 Å². The molecule has 0 unspecified atom stereocenters. The molecule has 1 aromatic heterocycles. The first-order chi connectivity index (χ1) is 12.5. The summed E-state index contributed by atoms with van der Waals surface area (Å²) in [6, 6.07) is 13.7. The zero-order valence-corrected chi connectivity index (χ0v) is 14.0. The lowest BCUT2D eigenvalue weighted by atomic mass is 10.1. The number of hydrogen-bond acceptors (Lipinski definition) is 4. The fourth-order valence-electron chi connectivity index (χ4n) is 2.44. The van der Waals surface area contributed by atoms with Crippen LogP contribution in [0.5, 0.6) is 0 Å². The van der Waals surface area contributed by atoms with Crippen molar-refractivity contribution < 1.29 is 14.0 Å². The summed E-state index contributed by atoms with van der Waals surface area (Å²) in [4.78, 5) is 35.5. The summed E-state index contributed by atoms with van der Waals surface area (Å²) in [5.41, 5.74) is 1.68. The van der Waals surface area contributed by atoms with Crippen LogP contribution < -0.4 is 16.1 Å². The van der Waals surface area contributed by atoms with Crippen LogP contribution in [0.1, 0.15) is 12.5 Å². The van der Waals surface area contributed by atoms with Crippen LogP contribution in [0.2, 0.25) is 0 Å². The van der Waals surface area contributed by atoms with Gasteiger partial charge in [-0.3, -0.25) is 14.4 Å². The van der Waals surface area contributed by atoms with Crippen LogP contribution in [0.15, 0.2) is 70.1 Å². The first kappa shape index (κ1) is 17.2. The van der Waals surface area contributed by atoms with E-state index in [1.807, 2.05) is 0 Å². The van der Waals surface area contributed by atoms with E-state index in [2.05, 4.69) is 10.6 Å². The number of para-hydroxylation sites is 1. The molecular formula is C20H16N2O4. The van der Waals surface area contributed by atoms with Gasteiger partial charge >= 0.3 is 0 Å². The van der Waals surface area contributed by atoms with Crippen molar-refractivity contribution in [2.45, 2.75) is 6.92 Å². The van der Waals surface area contributed by atoms with Gasteiger partial charge in [-0.15, -0.1) is 0 Å². The fraction of sp³-hybridized carbons (Fsp3) is 0.0500. The third-order valence-corrected chi connectivity index (χ3v) is 3.57. The highest BCUT2D eigenvalue weighted by atomic mass is 16.3. The zero-order valence-electron chi connectivity index (χ0n) is 14.0. The van der Waals surface area contributed by atoms with E-state index < -0.39 is 5.91 Å². The Kier molecular flexibility index (Phi) is 4.94. The molecule has 0 saturated carbocycles. The van der Waals surface area contributed by atoms with Gasteiger partial charge in [-0.25, -0.2) is 0 Å². The summed E-state index contributed by atoms with van der Waals surface area (Å²) in [5, 5.41) is 5.77. The zero-order chi connectivity index (χ0) is 18.5. The number of benzene rings is 2. The van der Waals surface area contributed by atoms with E-state index in [0.29, 0.717) is 22.3 Å². The van der Waals surface area contributed by atoms with Gasteiger partial charge in [0.15, 0.2) is 5.43 Å². The van der Waals surface area contributed by atoms with Gasteiger partial charge in [-0.05, 0) is 36.4 Å². The lowest BCUT2D eigenvalue weighted by molar-refractivity contribution is -0.114. The summed E-state index contributed by atoms with van der Waals surface area (Å²) in [7, 11) is 0. The standard InChI is InChI=1S/C20H16N2O4/c1-13(23)21-15-5-4-6-16(11-15)22-19(24)10-9-14-12-26-18-8-3-2-7-17(18)20(14)25/h2-12H,1H3,(H,21,23)(H,22,24)/b10-9+. The average Bonchev–Trinajstić information content (AvgIpc) is 2.61. The largest absolute Gasteiger partial charge is 0.463 e. The molecule has 2 N–H and O–H groups in total. The number of fused-ring (bicyclic) bond motifs is 1. The molecule has 6 nitrogen and oxygen atoms in total. The number of anilines is 2. The second-order valence-electron chi connectivity index (χ2n) is 5.60. The highest BCUT2D eigenvalue weighted by molar-refractivity contribution is 6.02. The van der Waals surface area contributed by atoms with E-state index in [4.69, 9.17) is 4.42 Å². The van der Waals surface area contributed by atoms with Crippen molar-refractivity contribution in [3.8, 4) is 0 Å². The van der Waals surface area contributed by atoms with Crippen molar-refractivity contribution >= 4 is 40.2 Å². The second-order valence-corrected chi connectivity index (χ2v) is 5.60. The predicted octanol–water partition coefficient (Wildman–Crippen LogP) is 3.40. The van der Waals surface area contributed by atoms with Crippen molar-refractivity contribution in [3.63, 3.8) is 0 Å². The number of hydrogen-bond donors (Lipinski definition) is 2. The number of carbonyl (C=O) groups is 2. The lowest BCUT2D eigenvalue weighted by Gasteiger charge is -2.06. The molecule has 0 fully saturated rings. The molecule has 0 radical (unpaired) electrons. The van der Waals surface area contributed by atoms with E-state index in [1.165, 1.54) is 25.3 Å². The Labute approximate surface area is 149 Å². The third kappa shape index (κ3) is 4.05. The maximum absolute atomic E-state index is 12.4. The van der Waals surface area contributed by atoms with Crippen molar-refractivity contribution in [1.29, 1.82) is 0 Å². The van der Waals surface area contributed by atoms with Crippen LogP contribution in [0.4, 0.5) is 11.4 Å². The minimum atomic E-state index is -0.405. The topological polar surface area (TPSA) is 88.4 Å². The van der Waals surface area contributed by atoms with E-state index in [-0.39, 0.29) is 16.9 Å². The highest BCUT2D eigenvalue weighted by Crippen LogP contribution is 2.15. The molecule has 130 valence electrons. The molecule has 26 heavy (non-hydrogen) atoms. The number of nitrogens with one attached hydrogen (secondary N) is 2. The quantitative estimate of drug-likeness (QED) is 0.707. The van der Waals surface area contributed by atoms with Gasteiger partial charge in [0.2, 0.25) is 11.8 Å². The summed E-state index contributed by atoms with van der Waals surface area (Å²) in [5.74, 6) is -0.603. The summed E-state index contributed by atoms with van der Waals surface area (Å²) >= 11 is 0. The van der Waals surface area contributed by atoms with E-state index in [0.717, 1.165) is 0 Å². The van der Waals surface area contributed by atoms with Gasteiger partial charge in [0.05, 0.1) is 10.9 Å². The third-order valence-electron chi connectivity index (χ3n) is 3.57. The van der Waals surface area contributed by atoms with Gasteiger partial charge in [0, 0.05) is 24.4 Å². The van der Waals surface area contributed by atoms with E-state index >= 15 is 0 Å². The molecule has 3 rings (SSSR count). The van der Waals surface area contributed by atoms with Gasteiger partial charge in [-0.2, -0.15) is 0 Å². The van der Waals surface area contributed by atoms with Crippen molar-refractivity contribution in [3.05, 3.63) is 76.7 Å². The molecule has 0 bridgehead atoms. The summed E-state index contributed by atoms with van der Waals surface area (Å²) in [6.07, 6.45) is 3.99. The minimum Gasteiger partial charge on any atom is -0.463 e. The van der Waals surface area contributed by atoms with Gasteiger partial charge < -0.3 is 15.1 Å². The normalized spacial score (nSPS) is 10.8. The number of rotatable bonds is 4. The first-order valence-electron chi connectivity index (χ1n) is 7.90. The van der Waals surface area contributed by atoms with Crippen LogP contribution in [-0.4, -0.2) is 11.8 Å². The maximum atomic E-state index is 12.4. The smallest absolute Gasteiger partial charge is 0.248 e. The average molecular weight is 348 g/mol. The van der Waals surface area contributed by atoms with Gasteiger partial charge in [0.1, 0.15) is 11.8 Å². The number of carbonyl (C=O) groups excluding carboxylic acids is 2.